The van der Waals surface area contributed by atoms with Crippen LogP contribution in [0.3, 0.4) is 0 Å². The van der Waals surface area contributed by atoms with Gasteiger partial charge in [-0.1, -0.05) is 253 Å². The van der Waals surface area contributed by atoms with Gasteiger partial charge in [-0.2, -0.15) is 0 Å². The van der Waals surface area contributed by atoms with Crippen LogP contribution in [0.5, 0.6) is 0 Å². The number of esters is 4. The summed E-state index contributed by atoms with van der Waals surface area (Å²) in [6.45, 7) is 4.74. The van der Waals surface area contributed by atoms with E-state index in [4.69, 9.17) is 37.0 Å². The van der Waals surface area contributed by atoms with Crippen molar-refractivity contribution in [3.05, 3.63) is 97.2 Å². The number of carbonyl (C=O) groups is 4. The van der Waals surface area contributed by atoms with E-state index in [1.807, 2.05) is 0 Å². The topological polar surface area (TPSA) is 237 Å². The van der Waals surface area contributed by atoms with E-state index in [0.29, 0.717) is 25.7 Å². The molecule has 0 aromatic carbocycles. The molecule has 0 saturated carbocycles. The molecular weight excluding hydrogens is 1310 g/mol. The number of allylic oxidation sites excluding steroid dienone is 16. The third-order valence-electron chi connectivity index (χ3n) is 16.5. The van der Waals surface area contributed by atoms with Gasteiger partial charge in [0, 0.05) is 25.7 Å². The molecule has 0 spiro atoms. The van der Waals surface area contributed by atoms with Crippen LogP contribution in [0, 0.1) is 0 Å². The van der Waals surface area contributed by atoms with Crippen LogP contribution in [0.2, 0.25) is 0 Å². The van der Waals surface area contributed by atoms with Crippen LogP contribution in [-0.4, -0.2) is 96.7 Å². The monoisotopic (exact) mass is 1450 g/mol. The lowest BCUT2D eigenvalue weighted by Crippen LogP contribution is -2.30. The zero-order valence-corrected chi connectivity index (χ0v) is 64.9. The minimum atomic E-state index is -4.98. The number of rotatable bonds is 74. The molecule has 0 aliphatic rings. The van der Waals surface area contributed by atoms with Crippen LogP contribution in [0.1, 0.15) is 336 Å². The fourth-order valence-corrected chi connectivity index (χ4v) is 12.0. The fraction of sp³-hybridized carbons (Fsp3) is 0.753. The van der Waals surface area contributed by atoms with E-state index in [9.17, 15) is 43.2 Å². The van der Waals surface area contributed by atoms with Crippen LogP contribution in [-0.2, 0) is 65.4 Å². The Morgan fingerprint density at radius 3 is 0.740 bits per heavy atom. The van der Waals surface area contributed by atoms with Crippen LogP contribution in [0.15, 0.2) is 97.2 Å². The number of aliphatic hydroxyl groups is 1. The average Bonchev–Trinajstić information content (AvgIpc) is 1.01. The number of carbonyl (C=O) groups excluding carboxylic acids is 4. The Morgan fingerprint density at radius 2 is 0.490 bits per heavy atom. The van der Waals surface area contributed by atoms with E-state index < -0.39 is 97.5 Å². The summed E-state index contributed by atoms with van der Waals surface area (Å²) in [6.07, 6.45) is 76.6. The predicted octanol–water partition coefficient (Wildman–Crippen LogP) is 22.8. The zero-order chi connectivity index (χ0) is 73.2. The molecule has 0 rings (SSSR count). The van der Waals surface area contributed by atoms with E-state index >= 15 is 0 Å². The summed E-state index contributed by atoms with van der Waals surface area (Å²) in [5, 5.41) is 10.6. The molecule has 0 amide bonds. The highest BCUT2D eigenvalue weighted by molar-refractivity contribution is 7.47. The first-order valence-corrected chi connectivity index (χ1v) is 42.5. The van der Waals surface area contributed by atoms with Gasteiger partial charge in [0.2, 0.25) is 0 Å². The van der Waals surface area contributed by atoms with Crippen LogP contribution < -0.4 is 0 Å². The molecule has 0 bridgehead atoms. The van der Waals surface area contributed by atoms with Crippen molar-refractivity contribution in [2.45, 2.75) is 354 Å². The lowest BCUT2D eigenvalue weighted by atomic mass is 10.1. The van der Waals surface area contributed by atoms with E-state index in [-0.39, 0.29) is 25.7 Å². The Kier molecular flexibility index (Phi) is 70.4. The van der Waals surface area contributed by atoms with Crippen molar-refractivity contribution >= 4 is 39.5 Å². The molecule has 19 heteroatoms. The Morgan fingerprint density at radius 1 is 0.280 bits per heavy atom. The highest BCUT2D eigenvalue weighted by atomic mass is 31.2. The van der Waals surface area contributed by atoms with Gasteiger partial charge in [-0.3, -0.25) is 37.3 Å². The maximum Gasteiger partial charge on any atom is 0.472 e. The van der Waals surface area contributed by atoms with Gasteiger partial charge in [-0.05, 0) is 154 Å². The first kappa shape index (κ1) is 96.0. The summed E-state index contributed by atoms with van der Waals surface area (Å²) >= 11 is 0. The van der Waals surface area contributed by atoms with E-state index in [1.165, 1.54) is 77.0 Å². The Balaban J connectivity index is 5.40. The van der Waals surface area contributed by atoms with Crippen molar-refractivity contribution < 1.29 is 80.2 Å². The summed E-state index contributed by atoms with van der Waals surface area (Å²) in [5.41, 5.74) is 0. The largest absolute Gasteiger partial charge is 0.472 e. The van der Waals surface area contributed by atoms with Crippen LogP contribution in [0.4, 0.5) is 0 Å². The fourth-order valence-electron chi connectivity index (χ4n) is 10.4. The van der Waals surface area contributed by atoms with Crippen LogP contribution >= 0.6 is 15.6 Å². The third kappa shape index (κ3) is 72.3. The number of phosphoric ester groups is 2. The Hall–Kier alpha value is -4.02. The third-order valence-corrected chi connectivity index (χ3v) is 18.4. The molecule has 0 heterocycles. The summed E-state index contributed by atoms with van der Waals surface area (Å²) in [7, 11) is -9.97. The van der Waals surface area contributed by atoms with Gasteiger partial charge < -0.3 is 33.8 Å². The lowest BCUT2D eigenvalue weighted by Gasteiger charge is -2.21. The van der Waals surface area contributed by atoms with Crippen molar-refractivity contribution in [3.63, 3.8) is 0 Å². The molecule has 0 aromatic rings. The van der Waals surface area contributed by atoms with Gasteiger partial charge in [0.25, 0.3) is 0 Å². The van der Waals surface area contributed by atoms with Crippen molar-refractivity contribution in [1.82, 2.24) is 0 Å². The van der Waals surface area contributed by atoms with E-state index in [0.717, 1.165) is 180 Å². The van der Waals surface area contributed by atoms with Gasteiger partial charge in [-0.15, -0.1) is 0 Å². The molecule has 3 unspecified atom stereocenters. The van der Waals surface area contributed by atoms with Gasteiger partial charge >= 0.3 is 39.5 Å². The molecule has 0 aliphatic carbocycles. The van der Waals surface area contributed by atoms with Gasteiger partial charge in [0.05, 0.1) is 26.4 Å². The van der Waals surface area contributed by atoms with E-state index in [1.54, 1.807) is 0 Å². The second kappa shape index (κ2) is 73.3. The van der Waals surface area contributed by atoms with Gasteiger partial charge in [0.1, 0.15) is 19.3 Å². The molecule has 17 nitrogen and oxygen atoms in total. The first-order valence-electron chi connectivity index (χ1n) is 39.5. The maximum atomic E-state index is 13.1. The normalized spacial score (nSPS) is 14.4. The number of unbranched alkanes of at least 4 members (excludes halogenated alkanes) is 32. The first-order chi connectivity index (χ1) is 48.7. The van der Waals surface area contributed by atoms with Gasteiger partial charge in [0.15, 0.2) is 12.2 Å². The Labute approximate surface area is 607 Å². The molecule has 0 radical (unpaired) electrons. The minimum Gasteiger partial charge on any atom is -0.462 e. The zero-order valence-electron chi connectivity index (χ0n) is 63.1. The smallest absolute Gasteiger partial charge is 0.462 e. The molecule has 0 aliphatic heterocycles. The summed E-state index contributed by atoms with van der Waals surface area (Å²) in [4.78, 5) is 72.9. The molecule has 100 heavy (non-hydrogen) atoms. The van der Waals surface area contributed by atoms with Crippen molar-refractivity contribution in [1.29, 1.82) is 0 Å². The number of hydrogen-bond acceptors (Lipinski definition) is 15. The summed E-state index contributed by atoms with van der Waals surface area (Å²) in [6, 6.07) is 0. The van der Waals surface area contributed by atoms with Gasteiger partial charge in [-0.25, -0.2) is 9.13 Å². The Bertz CT molecular complexity index is 2120. The number of aliphatic hydroxyl groups excluding tert-OH is 1. The highest BCUT2D eigenvalue weighted by Gasteiger charge is 2.30. The number of hydrogen-bond donors (Lipinski definition) is 3. The molecule has 0 aromatic heterocycles. The highest BCUT2D eigenvalue weighted by Crippen LogP contribution is 2.45. The second-order valence-electron chi connectivity index (χ2n) is 26.3. The maximum absolute atomic E-state index is 13.1. The molecule has 5 atom stereocenters. The quantitative estimate of drug-likeness (QED) is 0.0169. The minimum absolute atomic E-state index is 0.0756. The lowest BCUT2D eigenvalue weighted by molar-refractivity contribution is -0.161. The standard InChI is InChI=1S/C81H142O17P2/c1-5-9-13-17-21-25-29-33-37-41-45-49-53-57-61-65-78(83)91-71-76(97-80(85)67-63-59-55-51-47-43-39-35-31-27-23-19-15-11-7-3)73-95-99(87,88)93-69-75(82)70-94-100(89,90)96-74-77(98-81(86)68-64-60-56-52-48-44-40-36-32-28-24-20-16-12-8-4)72-92-79(84)66-62-58-54-50-46-42-38-34-30-26-22-18-14-10-6-2/h21-28,33-40,75-77,82H,5-20,29-32,41-74H2,1-4H3,(H,87,88)(H,89,90)/b25-21-,26-22+,27-23+,28-24+,37-33-,38-34+,39-35+,40-36+/t75?,76-,77-/m1/s1. The molecule has 578 valence electrons. The average molecular weight is 1450 g/mol. The molecule has 0 saturated heterocycles. The van der Waals surface area contributed by atoms with Crippen molar-refractivity contribution in [2.24, 2.45) is 0 Å². The second-order valence-corrected chi connectivity index (χ2v) is 29.2. The number of ether oxygens (including phenoxy) is 4. The van der Waals surface area contributed by atoms with E-state index in [2.05, 4.69) is 125 Å². The molecular formula is C81H142O17P2. The molecule has 0 fully saturated rings. The summed E-state index contributed by atoms with van der Waals surface area (Å²) in [5.74, 6) is -2.22. The predicted molar refractivity (Wildman–Crippen MR) is 409 cm³/mol. The van der Waals surface area contributed by atoms with Crippen molar-refractivity contribution in [2.75, 3.05) is 39.6 Å². The number of phosphoric acid groups is 2. The SMILES string of the molecule is CCCCC/C=C\C/C=C\CCCCCCCC(=O)OC[C@H](COP(=O)(O)OCC(O)COP(=O)(O)OC[C@@H](COC(=O)CCCCCCC/C=C/C/C=C/CCCCC)OC(=O)CCCCCCC/C=C/C/C=C/CCCCC)OC(=O)CCCCCCC/C=C/C/C=C/CCCCC. The molecule has 3 N–H and O–H groups in total. The van der Waals surface area contributed by atoms with Crippen LogP contribution in [0.25, 0.3) is 0 Å². The van der Waals surface area contributed by atoms with Crippen molar-refractivity contribution in [3.8, 4) is 0 Å². The summed E-state index contributed by atoms with van der Waals surface area (Å²) < 4.78 is 68.5.